The van der Waals surface area contributed by atoms with Gasteiger partial charge in [-0.3, -0.25) is 9.89 Å². The van der Waals surface area contributed by atoms with Crippen LogP contribution in [0.5, 0.6) is 0 Å². The molecule has 1 aliphatic rings. The van der Waals surface area contributed by atoms with Crippen molar-refractivity contribution in [2.24, 2.45) is 0 Å². The van der Waals surface area contributed by atoms with Gasteiger partial charge >= 0.3 is 0 Å². The zero-order valence-electron chi connectivity index (χ0n) is 13.8. The average Bonchev–Trinajstić information content (AvgIpc) is 3.13. The second-order valence-electron chi connectivity index (χ2n) is 5.95. The van der Waals surface area contributed by atoms with Crippen molar-refractivity contribution in [3.05, 3.63) is 34.8 Å². The summed E-state index contributed by atoms with van der Waals surface area (Å²) in [4.78, 5) is 19.2. The van der Waals surface area contributed by atoms with E-state index in [0.717, 1.165) is 30.6 Å². The van der Waals surface area contributed by atoms with Gasteiger partial charge in [-0.15, -0.1) is 0 Å². The number of ether oxygens (including phenoxy) is 1. The van der Waals surface area contributed by atoms with E-state index in [1.807, 2.05) is 24.8 Å². The van der Waals surface area contributed by atoms with Crippen molar-refractivity contribution < 1.29 is 13.9 Å². The van der Waals surface area contributed by atoms with E-state index in [1.54, 1.807) is 7.11 Å². The molecule has 1 fully saturated rings. The van der Waals surface area contributed by atoms with Gasteiger partial charge in [-0.25, -0.2) is 4.98 Å². The predicted octanol–water partition coefficient (Wildman–Crippen LogP) is 2.53. The maximum absolute atomic E-state index is 12.9. The topological polar surface area (TPSA) is 84.2 Å². The largest absolute Gasteiger partial charge is 0.456 e. The first-order valence-corrected chi connectivity index (χ1v) is 7.88. The highest BCUT2D eigenvalue weighted by atomic mass is 16.5. The third-order valence-electron chi connectivity index (χ3n) is 4.13. The Balaban J connectivity index is 1.86. The van der Waals surface area contributed by atoms with Crippen LogP contribution in [-0.2, 0) is 11.3 Å². The van der Waals surface area contributed by atoms with Gasteiger partial charge in [0.05, 0.1) is 6.04 Å². The number of methoxy groups -OCH3 is 1. The van der Waals surface area contributed by atoms with Crippen LogP contribution < -0.4 is 0 Å². The molecule has 0 radical (unpaired) electrons. The minimum Gasteiger partial charge on any atom is -0.456 e. The number of H-pyrrole nitrogens is 1. The molecule has 0 aliphatic carbocycles. The molecule has 23 heavy (non-hydrogen) atoms. The summed E-state index contributed by atoms with van der Waals surface area (Å²) in [6, 6.07) is 1.76. The number of nitrogens with one attached hydrogen (secondary N) is 1. The van der Waals surface area contributed by atoms with E-state index in [2.05, 4.69) is 15.2 Å². The van der Waals surface area contributed by atoms with E-state index >= 15 is 0 Å². The Labute approximate surface area is 135 Å². The Hall–Kier alpha value is -2.15. The van der Waals surface area contributed by atoms with E-state index in [0.29, 0.717) is 30.6 Å². The van der Waals surface area contributed by atoms with Gasteiger partial charge in [-0.2, -0.15) is 5.10 Å². The molecule has 1 amide bonds. The molecule has 2 aromatic rings. The van der Waals surface area contributed by atoms with Gasteiger partial charge in [0.1, 0.15) is 12.4 Å². The van der Waals surface area contributed by atoms with Gasteiger partial charge < -0.3 is 14.1 Å². The van der Waals surface area contributed by atoms with Crippen LogP contribution in [0.3, 0.4) is 0 Å². The number of carbonyl (C=O) groups is 1. The lowest BCUT2D eigenvalue weighted by molar-refractivity contribution is 0.0565. The van der Waals surface area contributed by atoms with Crippen LogP contribution in [0.1, 0.15) is 58.8 Å². The van der Waals surface area contributed by atoms with Crippen LogP contribution in [0.4, 0.5) is 0 Å². The zero-order chi connectivity index (χ0) is 16.4. The lowest BCUT2D eigenvalue weighted by Crippen LogP contribution is -2.39. The van der Waals surface area contributed by atoms with Crippen LogP contribution in [0.15, 0.2) is 10.5 Å². The normalized spacial score (nSPS) is 18.4. The summed E-state index contributed by atoms with van der Waals surface area (Å²) in [6.45, 7) is 4.82. The molecule has 0 unspecified atom stereocenters. The number of furan rings is 1. The number of aromatic nitrogens is 3. The van der Waals surface area contributed by atoms with Gasteiger partial charge in [0.15, 0.2) is 17.4 Å². The van der Waals surface area contributed by atoms with E-state index in [-0.39, 0.29) is 11.9 Å². The number of likely N-dealkylation sites (tertiary alicyclic amines) is 1. The number of rotatable bonds is 4. The molecule has 1 aliphatic heterocycles. The second-order valence-corrected chi connectivity index (χ2v) is 5.95. The van der Waals surface area contributed by atoms with E-state index in [1.165, 1.54) is 0 Å². The minimum atomic E-state index is -0.122. The van der Waals surface area contributed by atoms with Crippen LogP contribution >= 0.6 is 0 Å². The fourth-order valence-corrected chi connectivity index (χ4v) is 3.09. The van der Waals surface area contributed by atoms with Crippen LogP contribution in [0.25, 0.3) is 0 Å². The van der Waals surface area contributed by atoms with Gasteiger partial charge in [-0.05, 0) is 39.2 Å². The van der Waals surface area contributed by atoms with E-state index < -0.39 is 0 Å². The van der Waals surface area contributed by atoms with Crippen LogP contribution in [0, 0.1) is 13.8 Å². The Bertz CT molecular complexity index is 691. The minimum absolute atomic E-state index is 0.0848. The Kier molecular flexibility index (Phi) is 4.47. The summed E-state index contributed by atoms with van der Waals surface area (Å²) in [5, 5.41) is 7.14. The molecular weight excluding hydrogens is 296 g/mol. The number of aryl methyl sites for hydroxylation is 2. The van der Waals surface area contributed by atoms with Crippen molar-refractivity contribution in [1.29, 1.82) is 0 Å². The molecule has 1 N–H and O–H groups in total. The fraction of sp³-hybridized carbons (Fsp3) is 0.562. The zero-order valence-corrected chi connectivity index (χ0v) is 13.8. The fourth-order valence-electron chi connectivity index (χ4n) is 3.09. The smallest absolute Gasteiger partial charge is 0.290 e. The first-order chi connectivity index (χ1) is 11.1. The molecule has 3 heterocycles. The number of nitrogens with zero attached hydrogens (tertiary/aromatic N) is 3. The quantitative estimate of drug-likeness (QED) is 0.936. The van der Waals surface area contributed by atoms with Crippen molar-refractivity contribution >= 4 is 5.91 Å². The summed E-state index contributed by atoms with van der Waals surface area (Å²) >= 11 is 0. The van der Waals surface area contributed by atoms with Crippen molar-refractivity contribution in [3.8, 4) is 0 Å². The summed E-state index contributed by atoms with van der Waals surface area (Å²) in [5.74, 6) is 2.40. The maximum Gasteiger partial charge on any atom is 0.290 e. The summed E-state index contributed by atoms with van der Waals surface area (Å²) in [5.41, 5.74) is 0.867. The number of aromatic amines is 1. The molecule has 1 saturated heterocycles. The Morgan fingerprint density at radius 1 is 1.48 bits per heavy atom. The molecular formula is C16H22N4O3. The highest BCUT2D eigenvalue weighted by Gasteiger charge is 2.33. The number of hydrogen-bond donors (Lipinski definition) is 1. The van der Waals surface area contributed by atoms with Gasteiger partial charge in [-0.1, -0.05) is 0 Å². The lowest BCUT2D eigenvalue weighted by Gasteiger charge is -2.33. The highest BCUT2D eigenvalue weighted by Crippen LogP contribution is 2.31. The molecule has 0 bridgehead atoms. The van der Waals surface area contributed by atoms with E-state index in [9.17, 15) is 4.79 Å². The Morgan fingerprint density at radius 2 is 2.30 bits per heavy atom. The van der Waals surface area contributed by atoms with E-state index in [4.69, 9.17) is 9.15 Å². The Morgan fingerprint density at radius 3 is 3.00 bits per heavy atom. The molecule has 7 nitrogen and oxygen atoms in total. The maximum atomic E-state index is 12.9. The first kappa shape index (κ1) is 15.7. The van der Waals surface area contributed by atoms with Crippen molar-refractivity contribution in [2.75, 3.05) is 13.7 Å². The molecule has 2 aromatic heterocycles. The number of piperidine rings is 1. The third kappa shape index (κ3) is 3.14. The van der Waals surface area contributed by atoms with Gasteiger partial charge in [0.25, 0.3) is 5.91 Å². The average molecular weight is 318 g/mol. The molecule has 124 valence electrons. The molecule has 3 rings (SSSR count). The van der Waals surface area contributed by atoms with Crippen molar-refractivity contribution in [3.63, 3.8) is 0 Å². The van der Waals surface area contributed by atoms with Crippen molar-refractivity contribution in [1.82, 2.24) is 20.1 Å². The van der Waals surface area contributed by atoms with Crippen LogP contribution in [0.2, 0.25) is 0 Å². The highest BCUT2D eigenvalue weighted by molar-refractivity contribution is 5.93. The van der Waals surface area contributed by atoms with Crippen molar-refractivity contribution in [2.45, 2.75) is 45.8 Å². The molecule has 0 saturated carbocycles. The summed E-state index contributed by atoms with van der Waals surface area (Å²) in [6.07, 6.45) is 2.89. The standard InChI is InChI=1S/C16H22N4O3/c1-10-8-11(2)23-14(10)16(21)20-7-5-4-6-12(20)15-17-13(9-22-3)18-19-15/h8,12H,4-7,9H2,1-3H3,(H,17,18,19)/t12-/m0/s1. The molecule has 0 aromatic carbocycles. The molecule has 1 atom stereocenters. The predicted molar refractivity (Wildman–Crippen MR) is 82.9 cm³/mol. The third-order valence-corrected chi connectivity index (χ3v) is 4.13. The number of amides is 1. The SMILES string of the molecule is COCc1nc([C@@H]2CCCCN2C(=O)c2oc(C)cc2C)n[nH]1. The molecule has 0 spiro atoms. The van der Waals surface area contributed by atoms with Crippen LogP contribution in [-0.4, -0.2) is 39.6 Å². The number of carbonyl (C=O) groups excluding carboxylic acids is 1. The van der Waals surface area contributed by atoms with Gasteiger partial charge in [0.2, 0.25) is 0 Å². The van der Waals surface area contributed by atoms with Gasteiger partial charge in [0, 0.05) is 19.2 Å². The summed E-state index contributed by atoms with van der Waals surface area (Å²) < 4.78 is 10.7. The first-order valence-electron chi connectivity index (χ1n) is 7.88. The second kappa shape index (κ2) is 6.54. The monoisotopic (exact) mass is 318 g/mol. The number of hydrogen-bond acceptors (Lipinski definition) is 5. The lowest BCUT2D eigenvalue weighted by atomic mass is 10.0. The summed E-state index contributed by atoms with van der Waals surface area (Å²) in [7, 11) is 1.61. The molecule has 7 heteroatoms.